The van der Waals surface area contributed by atoms with Crippen molar-refractivity contribution in [2.24, 2.45) is 0 Å². The maximum atomic E-state index is 11.6. The lowest BCUT2D eigenvalue weighted by Gasteiger charge is -2.20. The van der Waals surface area contributed by atoms with Crippen LogP contribution in [0.5, 0.6) is 5.75 Å². The molecule has 1 saturated heterocycles. The van der Waals surface area contributed by atoms with E-state index in [4.69, 9.17) is 4.74 Å². The smallest absolute Gasteiger partial charge is 0.325 e. The largest absolute Gasteiger partial charge is 0.508 e. The van der Waals surface area contributed by atoms with Crippen molar-refractivity contribution in [3.63, 3.8) is 0 Å². The number of ether oxygens (including phenoxy) is 1. The Morgan fingerprint density at radius 2 is 2.12 bits per heavy atom. The van der Waals surface area contributed by atoms with Crippen molar-refractivity contribution in [1.29, 1.82) is 0 Å². The number of carbonyl (C=O) groups excluding carboxylic acids is 1. The number of hydrogen-bond donors (Lipinski definition) is 2. The lowest BCUT2D eigenvalue weighted by molar-refractivity contribution is -0.147. The number of esters is 1. The van der Waals surface area contributed by atoms with Crippen LogP contribution in [0.4, 0.5) is 0 Å². The first-order valence-corrected chi connectivity index (χ1v) is 5.67. The van der Waals surface area contributed by atoms with Gasteiger partial charge in [-0.3, -0.25) is 4.79 Å². The first kappa shape index (κ1) is 11.9. The first-order chi connectivity index (χ1) is 8.05. The van der Waals surface area contributed by atoms with Gasteiger partial charge in [0.25, 0.3) is 0 Å². The summed E-state index contributed by atoms with van der Waals surface area (Å²) in [5.41, 5.74) is 0.528. The fraction of sp³-hybridized carbons (Fsp3) is 0.462. The summed E-state index contributed by atoms with van der Waals surface area (Å²) in [6.45, 7) is 2.61. The number of phenols is 1. The number of hydrogen-bond acceptors (Lipinski definition) is 4. The van der Waals surface area contributed by atoms with Crippen molar-refractivity contribution >= 4 is 5.97 Å². The Hall–Kier alpha value is -1.55. The van der Waals surface area contributed by atoms with Crippen molar-refractivity contribution in [3.05, 3.63) is 29.8 Å². The van der Waals surface area contributed by atoms with E-state index in [1.165, 1.54) is 7.11 Å². The van der Waals surface area contributed by atoms with E-state index in [-0.39, 0.29) is 17.6 Å². The molecule has 0 amide bonds. The summed E-state index contributed by atoms with van der Waals surface area (Å²) in [5, 5.41) is 12.4. The van der Waals surface area contributed by atoms with Crippen LogP contribution in [0.3, 0.4) is 0 Å². The van der Waals surface area contributed by atoms with Crippen LogP contribution in [0, 0.1) is 0 Å². The normalized spacial score (nSPS) is 28.0. The molecule has 1 aliphatic heterocycles. The molecule has 4 heteroatoms. The predicted octanol–water partition coefficient (Wildman–Crippen LogP) is 1.40. The molecular weight excluding hydrogens is 218 g/mol. The van der Waals surface area contributed by atoms with E-state index in [0.717, 1.165) is 12.1 Å². The molecule has 0 bridgehead atoms. The maximum absolute atomic E-state index is 11.6. The lowest BCUT2D eigenvalue weighted by atomic mass is 9.90. The standard InChI is InChI=1S/C13H17NO3/c1-13(12(16)17-2)7-10(8-14-13)9-3-5-11(15)6-4-9/h3-6,10,14-15H,7-8H2,1-2H3. The van der Waals surface area contributed by atoms with Gasteiger partial charge in [-0.05, 0) is 37.0 Å². The Bertz CT molecular complexity index is 415. The van der Waals surface area contributed by atoms with Gasteiger partial charge in [-0.25, -0.2) is 0 Å². The van der Waals surface area contributed by atoms with E-state index in [9.17, 15) is 9.90 Å². The number of carbonyl (C=O) groups is 1. The van der Waals surface area contributed by atoms with E-state index in [1.807, 2.05) is 19.1 Å². The van der Waals surface area contributed by atoms with Gasteiger partial charge in [-0.15, -0.1) is 0 Å². The SMILES string of the molecule is COC(=O)C1(C)CC(c2ccc(O)cc2)CN1. The summed E-state index contributed by atoms with van der Waals surface area (Å²) in [4.78, 5) is 11.6. The van der Waals surface area contributed by atoms with Crippen LogP contribution < -0.4 is 5.32 Å². The Morgan fingerprint density at radius 3 is 2.71 bits per heavy atom. The minimum Gasteiger partial charge on any atom is -0.508 e. The van der Waals surface area contributed by atoms with Crippen molar-refractivity contribution in [3.8, 4) is 5.75 Å². The van der Waals surface area contributed by atoms with E-state index < -0.39 is 5.54 Å². The highest BCUT2D eigenvalue weighted by Crippen LogP contribution is 2.33. The third kappa shape index (κ3) is 2.26. The molecular formula is C13H17NO3. The van der Waals surface area contributed by atoms with Crippen molar-refractivity contribution in [2.45, 2.75) is 24.8 Å². The van der Waals surface area contributed by atoms with Crippen molar-refractivity contribution in [2.75, 3.05) is 13.7 Å². The minimum absolute atomic E-state index is 0.223. The number of phenolic OH excluding ortho intramolecular Hbond substituents is 1. The summed E-state index contributed by atoms with van der Waals surface area (Å²) in [5.74, 6) is 0.314. The van der Waals surface area contributed by atoms with Crippen molar-refractivity contribution in [1.82, 2.24) is 5.32 Å². The molecule has 92 valence electrons. The molecule has 1 aromatic carbocycles. The highest BCUT2D eigenvalue weighted by Gasteiger charge is 2.42. The molecule has 2 atom stereocenters. The van der Waals surface area contributed by atoms with E-state index in [1.54, 1.807) is 12.1 Å². The molecule has 0 radical (unpaired) electrons. The van der Waals surface area contributed by atoms with Crippen LogP contribution in [-0.4, -0.2) is 30.3 Å². The van der Waals surface area contributed by atoms with E-state index >= 15 is 0 Å². The highest BCUT2D eigenvalue weighted by atomic mass is 16.5. The molecule has 1 heterocycles. The molecule has 2 rings (SSSR count). The monoisotopic (exact) mass is 235 g/mol. The van der Waals surface area contributed by atoms with Gasteiger partial charge in [0, 0.05) is 6.54 Å². The van der Waals surface area contributed by atoms with Gasteiger partial charge < -0.3 is 15.2 Å². The Balaban J connectivity index is 2.12. The van der Waals surface area contributed by atoms with Gasteiger partial charge in [0.1, 0.15) is 11.3 Å². The Kier molecular flexibility index (Phi) is 3.07. The van der Waals surface area contributed by atoms with E-state index in [0.29, 0.717) is 6.42 Å². The van der Waals surface area contributed by atoms with Gasteiger partial charge in [-0.1, -0.05) is 12.1 Å². The van der Waals surface area contributed by atoms with Crippen LogP contribution in [0.25, 0.3) is 0 Å². The van der Waals surface area contributed by atoms with Crippen LogP contribution in [0.2, 0.25) is 0 Å². The second kappa shape index (κ2) is 4.37. The zero-order chi connectivity index (χ0) is 12.5. The quantitative estimate of drug-likeness (QED) is 0.761. The summed E-state index contributed by atoms with van der Waals surface area (Å²) in [6, 6.07) is 7.13. The molecule has 0 spiro atoms. The second-order valence-electron chi connectivity index (χ2n) is 4.70. The number of nitrogens with one attached hydrogen (secondary N) is 1. The van der Waals surface area contributed by atoms with Gasteiger partial charge >= 0.3 is 5.97 Å². The molecule has 2 unspecified atom stereocenters. The highest BCUT2D eigenvalue weighted by molar-refractivity contribution is 5.80. The summed E-state index contributed by atoms with van der Waals surface area (Å²) in [7, 11) is 1.41. The zero-order valence-electron chi connectivity index (χ0n) is 10.1. The average Bonchev–Trinajstić information content (AvgIpc) is 2.73. The molecule has 0 saturated carbocycles. The van der Waals surface area contributed by atoms with Gasteiger partial charge in [0.2, 0.25) is 0 Å². The van der Waals surface area contributed by atoms with Crippen LogP contribution >= 0.6 is 0 Å². The third-order valence-corrected chi connectivity index (χ3v) is 3.39. The lowest BCUT2D eigenvalue weighted by Crippen LogP contribution is -2.45. The molecule has 0 aromatic heterocycles. The van der Waals surface area contributed by atoms with Gasteiger partial charge in [0.05, 0.1) is 7.11 Å². The molecule has 1 aliphatic rings. The fourth-order valence-corrected chi connectivity index (χ4v) is 2.35. The number of aromatic hydroxyl groups is 1. The average molecular weight is 235 g/mol. The molecule has 1 aromatic rings. The van der Waals surface area contributed by atoms with Crippen LogP contribution in [0.1, 0.15) is 24.8 Å². The van der Waals surface area contributed by atoms with Crippen LogP contribution in [0.15, 0.2) is 24.3 Å². The Morgan fingerprint density at radius 1 is 1.47 bits per heavy atom. The maximum Gasteiger partial charge on any atom is 0.325 e. The fourth-order valence-electron chi connectivity index (χ4n) is 2.35. The zero-order valence-corrected chi connectivity index (χ0v) is 10.1. The van der Waals surface area contributed by atoms with Crippen molar-refractivity contribution < 1.29 is 14.6 Å². The minimum atomic E-state index is -0.600. The first-order valence-electron chi connectivity index (χ1n) is 5.67. The summed E-state index contributed by atoms with van der Waals surface area (Å²) < 4.78 is 4.80. The topological polar surface area (TPSA) is 58.6 Å². The molecule has 2 N–H and O–H groups in total. The number of rotatable bonds is 2. The molecule has 4 nitrogen and oxygen atoms in total. The predicted molar refractivity (Wildman–Crippen MR) is 63.9 cm³/mol. The third-order valence-electron chi connectivity index (χ3n) is 3.39. The number of methoxy groups -OCH3 is 1. The number of benzene rings is 1. The summed E-state index contributed by atoms with van der Waals surface area (Å²) >= 11 is 0. The molecule has 1 fully saturated rings. The Labute approximate surface area is 101 Å². The van der Waals surface area contributed by atoms with E-state index in [2.05, 4.69) is 5.32 Å². The molecule has 0 aliphatic carbocycles. The van der Waals surface area contributed by atoms with Crippen LogP contribution in [-0.2, 0) is 9.53 Å². The summed E-state index contributed by atoms with van der Waals surface area (Å²) in [6.07, 6.45) is 0.713. The molecule has 17 heavy (non-hydrogen) atoms. The van der Waals surface area contributed by atoms with Gasteiger partial charge in [0.15, 0.2) is 0 Å². The van der Waals surface area contributed by atoms with Gasteiger partial charge in [-0.2, -0.15) is 0 Å². The second-order valence-corrected chi connectivity index (χ2v) is 4.70.